The Balaban J connectivity index is 2.07. The van der Waals surface area contributed by atoms with E-state index in [0.29, 0.717) is 16.5 Å². The fraction of sp³-hybridized carbons (Fsp3) is 0.200. The number of allylic oxidation sites excluding steroid dienone is 1. The Labute approximate surface area is 164 Å². The van der Waals surface area contributed by atoms with Crippen molar-refractivity contribution in [2.45, 2.75) is 13.0 Å². The summed E-state index contributed by atoms with van der Waals surface area (Å²) in [5, 5.41) is 6.58. The first-order chi connectivity index (χ1) is 13.0. The standard InChI is InChI=1S/C20H21N5OS/c1-14-17(19(26)23-16-11-7-8-12-21-16)18(15-9-5-4-6-10-15)25(13-24(2)3)20(27)22-14/h4-13,18H,1-3H3,(H-,21,22,23,26,27)/p+1. The highest BCUT2D eigenvalue weighted by Gasteiger charge is 2.40. The van der Waals surface area contributed by atoms with Crippen LogP contribution in [0.1, 0.15) is 18.5 Å². The fourth-order valence-electron chi connectivity index (χ4n) is 3.00. The van der Waals surface area contributed by atoms with Gasteiger partial charge >= 0.3 is 0 Å². The van der Waals surface area contributed by atoms with Crippen molar-refractivity contribution < 1.29 is 9.37 Å². The van der Waals surface area contributed by atoms with Crippen LogP contribution in [0.5, 0.6) is 0 Å². The van der Waals surface area contributed by atoms with Crippen LogP contribution in [0.25, 0.3) is 0 Å². The number of benzene rings is 1. The van der Waals surface area contributed by atoms with E-state index in [2.05, 4.69) is 15.6 Å². The lowest BCUT2D eigenvalue weighted by atomic mass is 9.93. The molecule has 0 radical (unpaired) electrons. The number of carbonyl (C=O) groups is 1. The monoisotopic (exact) mass is 380 g/mol. The third kappa shape index (κ3) is 4.20. The first-order valence-corrected chi connectivity index (χ1v) is 8.97. The summed E-state index contributed by atoms with van der Waals surface area (Å²) in [6, 6.07) is 14.9. The molecule has 138 valence electrons. The van der Waals surface area contributed by atoms with Crippen LogP contribution in [0.15, 0.2) is 66.0 Å². The highest BCUT2D eigenvalue weighted by Crippen LogP contribution is 2.33. The van der Waals surface area contributed by atoms with Crippen LogP contribution >= 0.6 is 12.2 Å². The van der Waals surface area contributed by atoms with Crippen molar-refractivity contribution in [2.24, 2.45) is 0 Å². The maximum Gasteiger partial charge on any atom is 0.267 e. The van der Waals surface area contributed by atoms with E-state index in [4.69, 9.17) is 12.2 Å². The average Bonchev–Trinajstić information content (AvgIpc) is 2.64. The van der Waals surface area contributed by atoms with Gasteiger partial charge in [-0.1, -0.05) is 36.4 Å². The van der Waals surface area contributed by atoms with Crippen molar-refractivity contribution in [1.82, 2.24) is 15.2 Å². The van der Waals surface area contributed by atoms with Gasteiger partial charge in [-0.3, -0.25) is 9.37 Å². The van der Waals surface area contributed by atoms with Gasteiger partial charge < -0.3 is 10.6 Å². The number of carbonyl (C=O) groups excluding carboxylic acids is 1. The number of hydrogen-bond donors (Lipinski definition) is 2. The molecule has 2 aromatic rings. The lowest BCUT2D eigenvalue weighted by molar-refractivity contribution is -0.463. The van der Waals surface area contributed by atoms with Crippen LogP contribution in [-0.4, -0.2) is 45.9 Å². The van der Waals surface area contributed by atoms with Crippen LogP contribution in [0.2, 0.25) is 0 Å². The first kappa shape index (κ1) is 18.7. The molecule has 0 bridgehead atoms. The number of aromatic nitrogens is 1. The van der Waals surface area contributed by atoms with Crippen molar-refractivity contribution in [3.8, 4) is 0 Å². The normalized spacial score (nSPS) is 16.6. The molecule has 2 N–H and O–H groups in total. The van der Waals surface area contributed by atoms with Gasteiger partial charge in [-0.2, -0.15) is 4.90 Å². The van der Waals surface area contributed by atoms with E-state index < -0.39 is 0 Å². The van der Waals surface area contributed by atoms with Crippen molar-refractivity contribution in [3.63, 3.8) is 0 Å². The molecule has 1 unspecified atom stereocenters. The molecule has 6 nitrogen and oxygen atoms in total. The molecule has 1 aromatic carbocycles. The second-order valence-electron chi connectivity index (χ2n) is 6.44. The number of pyridine rings is 1. The minimum Gasteiger partial charge on any atom is -0.316 e. The highest BCUT2D eigenvalue weighted by molar-refractivity contribution is 7.80. The molecular weight excluding hydrogens is 358 g/mol. The minimum absolute atomic E-state index is 0.216. The number of amides is 1. The van der Waals surface area contributed by atoms with Crippen LogP contribution in [0, 0.1) is 0 Å². The second-order valence-corrected chi connectivity index (χ2v) is 6.82. The summed E-state index contributed by atoms with van der Waals surface area (Å²) in [5.41, 5.74) is 2.30. The summed E-state index contributed by atoms with van der Waals surface area (Å²) in [5.74, 6) is 0.290. The molecule has 3 rings (SSSR count). The van der Waals surface area contributed by atoms with E-state index in [1.54, 1.807) is 18.3 Å². The predicted octanol–water partition coefficient (Wildman–Crippen LogP) is 2.53. The van der Waals surface area contributed by atoms with Crippen molar-refractivity contribution in [1.29, 1.82) is 0 Å². The molecule has 0 saturated heterocycles. The Morgan fingerprint density at radius 2 is 1.93 bits per heavy atom. The van der Waals surface area contributed by atoms with Crippen LogP contribution in [0.4, 0.5) is 5.82 Å². The number of nitrogens with zero attached hydrogens (tertiary/aromatic N) is 3. The van der Waals surface area contributed by atoms with Gasteiger partial charge in [0.25, 0.3) is 11.0 Å². The van der Waals surface area contributed by atoms with Gasteiger partial charge in [0.1, 0.15) is 5.82 Å². The Bertz CT molecular complexity index is 904. The van der Waals surface area contributed by atoms with Gasteiger partial charge in [-0.15, -0.1) is 0 Å². The molecule has 0 fully saturated rings. The maximum absolute atomic E-state index is 13.2. The summed E-state index contributed by atoms with van der Waals surface area (Å²) >= 11 is 5.55. The summed E-state index contributed by atoms with van der Waals surface area (Å²) in [4.78, 5) is 19.2. The zero-order valence-electron chi connectivity index (χ0n) is 15.5. The van der Waals surface area contributed by atoms with Gasteiger partial charge in [0, 0.05) is 17.5 Å². The SMILES string of the molecule is CC1=C(C(=O)Nc2ccccn2)C(c2ccccc2)N(C=[N+](C)C)C(=S)N1. The Kier molecular flexibility index (Phi) is 5.61. The van der Waals surface area contributed by atoms with Crippen LogP contribution in [0.3, 0.4) is 0 Å². The molecule has 0 aliphatic carbocycles. The molecule has 1 aliphatic heterocycles. The third-order valence-electron chi connectivity index (χ3n) is 4.11. The molecule has 1 aliphatic rings. The number of anilines is 1. The quantitative estimate of drug-likeness (QED) is 0.369. The van der Waals surface area contributed by atoms with Crippen molar-refractivity contribution in [2.75, 3.05) is 19.4 Å². The number of rotatable bonds is 4. The average molecular weight is 380 g/mol. The van der Waals surface area contributed by atoms with Crippen molar-refractivity contribution >= 4 is 35.4 Å². The molecule has 0 spiro atoms. The van der Waals surface area contributed by atoms with E-state index >= 15 is 0 Å². The Hall–Kier alpha value is -3.06. The summed E-state index contributed by atoms with van der Waals surface area (Å²) in [6.07, 6.45) is 3.53. The molecule has 1 amide bonds. The molecule has 1 aromatic heterocycles. The topological polar surface area (TPSA) is 60.3 Å². The molecule has 0 saturated carbocycles. The zero-order chi connectivity index (χ0) is 19.4. The van der Waals surface area contributed by atoms with Gasteiger partial charge in [-0.25, -0.2) is 4.98 Å². The lowest BCUT2D eigenvalue weighted by Crippen LogP contribution is -2.49. The van der Waals surface area contributed by atoms with E-state index in [0.717, 1.165) is 11.3 Å². The molecular formula is C20H22N5OS+. The molecule has 7 heteroatoms. The van der Waals surface area contributed by atoms with Crippen molar-refractivity contribution in [3.05, 3.63) is 71.6 Å². The van der Waals surface area contributed by atoms with Gasteiger partial charge in [0.15, 0.2) is 6.04 Å². The second kappa shape index (κ2) is 8.09. The Morgan fingerprint density at radius 3 is 2.56 bits per heavy atom. The molecule has 27 heavy (non-hydrogen) atoms. The largest absolute Gasteiger partial charge is 0.316 e. The molecule has 2 heterocycles. The first-order valence-electron chi connectivity index (χ1n) is 8.56. The van der Waals surface area contributed by atoms with Gasteiger partial charge in [0.2, 0.25) is 6.34 Å². The van der Waals surface area contributed by atoms with E-state index in [-0.39, 0.29) is 11.9 Å². The number of hydrogen-bond acceptors (Lipinski definition) is 3. The van der Waals surface area contributed by atoms with Crippen LogP contribution in [-0.2, 0) is 4.79 Å². The van der Waals surface area contributed by atoms with Gasteiger partial charge in [-0.05, 0) is 31.3 Å². The number of thiocarbonyl (C=S) groups is 1. The van der Waals surface area contributed by atoms with E-state index in [1.807, 2.05) is 73.2 Å². The highest BCUT2D eigenvalue weighted by atomic mass is 32.1. The smallest absolute Gasteiger partial charge is 0.267 e. The lowest BCUT2D eigenvalue weighted by Gasteiger charge is -2.32. The van der Waals surface area contributed by atoms with Crippen LogP contribution < -0.4 is 10.6 Å². The predicted molar refractivity (Wildman–Crippen MR) is 110 cm³/mol. The number of nitrogens with one attached hydrogen (secondary N) is 2. The van der Waals surface area contributed by atoms with E-state index in [1.165, 1.54) is 0 Å². The summed E-state index contributed by atoms with van der Waals surface area (Å²) < 4.78 is 1.90. The third-order valence-corrected chi connectivity index (χ3v) is 4.42. The maximum atomic E-state index is 13.2. The van der Waals surface area contributed by atoms with Gasteiger partial charge in [0.05, 0.1) is 19.7 Å². The zero-order valence-corrected chi connectivity index (χ0v) is 16.3. The Morgan fingerprint density at radius 1 is 1.22 bits per heavy atom. The minimum atomic E-state index is -0.342. The fourth-order valence-corrected chi connectivity index (χ4v) is 3.30. The summed E-state index contributed by atoms with van der Waals surface area (Å²) in [7, 11) is 3.84. The van der Waals surface area contributed by atoms with E-state index in [9.17, 15) is 4.79 Å². The summed E-state index contributed by atoms with van der Waals surface area (Å²) in [6.45, 7) is 1.86. The molecule has 1 atom stereocenters.